The number of likely N-dealkylation sites (tertiary alicyclic amines) is 1. The van der Waals surface area contributed by atoms with Crippen LogP contribution in [-0.2, 0) is 9.53 Å². The number of alkyl halides is 3. The highest BCUT2D eigenvalue weighted by molar-refractivity contribution is 5.81. The van der Waals surface area contributed by atoms with E-state index in [1.807, 2.05) is 39.0 Å². The molecule has 2 aliphatic rings. The molecule has 1 N–H and O–H groups in total. The second kappa shape index (κ2) is 10.2. The molecule has 0 aromatic carbocycles. The summed E-state index contributed by atoms with van der Waals surface area (Å²) in [6.07, 6.45) is 2.04. The number of amides is 1. The van der Waals surface area contributed by atoms with Gasteiger partial charge < -0.3 is 15.0 Å². The normalized spacial score (nSPS) is 21.7. The van der Waals surface area contributed by atoms with Crippen molar-refractivity contribution in [3.05, 3.63) is 59.7 Å². The molecule has 1 amide bonds. The van der Waals surface area contributed by atoms with Crippen LogP contribution in [0.4, 0.5) is 13.2 Å². The number of rotatable bonds is 7. The van der Waals surface area contributed by atoms with E-state index in [4.69, 9.17) is 4.74 Å². The van der Waals surface area contributed by atoms with E-state index in [1.54, 1.807) is 0 Å². The first-order valence-corrected chi connectivity index (χ1v) is 10.6. The van der Waals surface area contributed by atoms with Crippen molar-refractivity contribution < 1.29 is 22.7 Å². The standard InChI is InChI=1S/C24H33F3N2O2/c1-7-20(31-15(2)3)9-8-16(4)29-12-10-19(11-13-29)17(5)23-18(6)28-22(30)14-21(23)24(25,26)27/h7-9,15,19,21H,4-5,10-14H2,1-3,6H3,(H,28,30)/b9-8-,20-7+. The van der Waals surface area contributed by atoms with Crippen LogP contribution in [0.25, 0.3) is 0 Å². The van der Waals surface area contributed by atoms with Gasteiger partial charge in [-0.05, 0) is 75.8 Å². The van der Waals surface area contributed by atoms with Crippen molar-refractivity contribution in [3.8, 4) is 0 Å². The third kappa shape index (κ3) is 6.52. The lowest BCUT2D eigenvalue weighted by molar-refractivity contribution is -0.170. The third-order valence-corrected chi connectivity index (χ3v) is 5.70. The van der Waals surface area contributed by atoms with E-state index in [0.717, 1.165) is 11.5 Å². The van der Waals surface area contributed by atoms with Crippen LogP contribution >= 0.6 is 0 Å². The summed E-state index contributed by atoms with van der Waals surface area (Å²) in [5, 5.41) is 2.55. The van der Waals surface area contributed by atoms with Crippen LogP contribution < -0.4 is 5.32 Å². The van der Waals surface area contributed by atoms with Gasteiger partial charge in [-0.3, -0.25) is 4.79 Å². The van der Waals surface area contributed by atoms with Gasteiger partial charge in [-0.25, -0.2) is 0 Å². The molecule has 0 aromatic heterocycles. The summed E-state index contributed by atoms with van der Waals surface area (Å²) >= 11 is 0. The van der Waals surface area contributed by atoms with Crippen LogP contribution in [-0.4, -0.2) is 36.2 Å². The van der Waals surface area contributed by atoms with E-state index in [-0.39, 0.29) is 23.3 Å². The molecule has 1 saturated heterocycles. The smallest absolute Gasteiger partial charge is 0.396 e. The molecule has 2 aliphatic heterocycles. The molecule has 0 spiro atoms. The van der Waals surface area contributed by atoms with Gasteiger partial charge in [0.15, 0.2) is 0 Å². The molecule has 0 aromatic rings. The Morgan fingerprint density at radius 3 is 2.35 bits per heavy atom. The fraction of sp³-hybridized carbons (Fsp3) is 0.542. The highest BCUT2D eigenvalue weighted by Crippen LogP contribution is 2.43. The lowest BCUT2D eigenvalue weighted by Crippen LogP contribution is -2.40. The van der Waals surface area contributed by atoms with Crippen LogP contribution in [0.2, 0.25) is 0 Å². The Labute approximate surface area is 183 Å². The first-order chi connectivity index (χ1) is 14.4. The van der Waals surface area contributed by atoms with Crippen LogP contribution in [0.5, 0.6) is 0 Å². The van der Waals surface area contributed by atoms with Crippen molar-refractivity contribution in [1.29, 1.82) is 0 Å². The zero-order valence-corrected chi connectivity index (χ0v) is 18.8. The second-order valence-corrected chi connectivity index (χ2v) is 8.35. The Morgan fingerprint density at radius 1 is 1.23 bits per heavy atom. The highest BCUT2D eigenvalue weighted by Gasteiger charge is 2.47. The lowest BCUT2D eigenvalue weighted by atomic mass is 9.77. The van der Waals surface area contributed by atoms with Gasteiger partial charge in [0.25, 0.3) is 0 Å². The number of nitrogens with one attached hydrogen (secondary N) is 1. The molecule has 1 atom stereocenters. The summed E-state index contributed by atoms with van der Waals surface area (Å²) in [4.78, 5) is 13.8. The summed E-state index contributed by atoms with van der Waals surface area (Å²) in [5.41, 5.74) is 1.74. The fourth-order valence-electron chi connectivity index (χ4n) is 4.11. The molecule has 4 nitrogen and oxygen atoms in total. The first kappa shape index (κ1) is 24.8. The van der Waals surface area contributed by atoms with Gasteiger partial charge in [-0.15, -0.1) is 0 Å². The van der Waals surface area contributed by atoms with Gasteiger partial charge in [-0.2, -0.15) is 13.2 Å². The quantitative estimate of drug-likeness (QED) is 0.414. The monoisotopic (exact) mass is 438 g/mol. The molecule has 1 fully saturated rings. The molecule has 1 unspecified atom stereocenters. The van der Waals surface area contributed by atoms with Crippen LogP contribution in [0.3, 0.4) is 0 Å². The topological polar surface area (TPSA) is 41.6 Å². The Bertz CT molecular complexity index is 798. The molecule has 7 heteroatoms. The van der Waals surface area contributed by atoms with Gasteiger partial charge in [0.1, 0.15) is 5.76 Å². The fourth-order valence-corrected chi connectivity index (χ4v) is 4.11. The minimum Gasteiger partial charge on any atom is -0.491 e. The maximum absolute atomic E-state index is 13.6. The van der Waals surface area contributed by atoms with E-state index in [2.05, 4.69) is 23.4 Å². The molecule has 172 valence electrons. The van der Waals surface area contributed by atoms with Crippen molar-refractivity contribution >= 4 is 5.91 Å². The Morgan fingerprint density at radius 2 is 1.84 bits per heavy atom. The molecular weight excluding hydrogens is 405 g/mol. The number of piperidine rings is 1. The molecule has 2 rings (SSSR count). The first-order valence-electron chi connectivity index (χ1n) is 10.6. The third-order valence-electron chi connectivity index (χ3n) is 5.70. The molecule has 2 heterocycles. The van der Waals surface area contributed by atoms with E-state index in [0.29, 0.717) is 31.5 Å². The van der Waals surface area contributed by atoms with Crippen LogP contribution in [0.1, 0.15) is 47.0 Å². The van der Waals surface area contributed by atoms with E-state index in [1.165, 1.54) is 6.92 Å². The van der Waals surface area contributed by atoms with Gasteiger partial charge in [-0.1, -0.05) is 13.2 Å². The van der Waals surface area contributed by atoms with Crippen molar-refractivity contribution in [1.82, 2.24) is 10.2 Å². The Kier molecular flexibility index (Phi) is 8.21. The average Bonchev–Trinajstić information content (AvgIpc) is 2.69. The summed E-state index contributed by atoms with van der Waals surface area (Å²) < 4.78 is 46.5. The molecule has 0 radical (unpaired) electrons. The number of nitrogens with zero attached hydrogens (tertiary/aromatic N) is 1. The average molecular weight is 439 g/mol. The molecule has 31 heavy (non-hydrogen) atoms. The minimum atomic E-state index is -4.47. The number of hydrogen-bond donors (Lipinski definition) is 1. The summed E-state index contributed by atoms with van der Waals surface area (Å²) in [5.74, 6) is -1.69. The zero-order chi connectivity index (χ0) is 23.3. The SMILES string of the molecule is C=C(C1=C(C)NC(=O)CC1C(F)(F)F)C1CCN(C(=C)/C=C\C(=C/C)OC(C)C)CC1. The summed E-state index contributed by atoms with van der Waals surface area (Å²) in [6, 6.07) is 0. The Hall–Kier alpha value is -2.44. The van der Waals surface area contributed by atoms with Gasteiger partial charge in [0.05, 0.1) is 12.0 Å². The molecule has 0 aliphatic carbocycles. The second-order valence-electron chi connectivity index (χ2n) is 8.35. The zero-order valence-electron chi connectivity index (χ0n) is 18.8. The molecule has 0 saturated carbocycles. The Balaban J connectivity index is 2.03. The number of ether oxygens (including phenoxy) is 1. The maximum Gasteiger partial charge on any atom is 0.396 e. The van der Waals surface area contributed by atoms with Crippen molar-refractivity contribution in [3.63, 3.8) is 0 Å². The number of carbonyl (C=O) groups is 1. The number of hydrogen-bond acceptors (Lipinski definition) is 3. The van der Waals surface area contributed by atoms with E-state index >= 15 is 0 Å². The predicted molar refractivity (Wildman–Crippen MR) is 117 cm³/mol. The van der Waals surface area contributed by atoms with E-state index < -0.39 is 24.4 Å². The summed E-state index contributed by atoms with van der Waals surface area (Å²) in [7, 11) is 0. The predicted octanol–water partition coefficient (Wildman–Crippen LogP) is 5.63. The molecule has 0 bridgehead atoms. The van der Waals surface area contributed by atoms with Gasteiger partial charge in [0, 0.05) is 30.9 Å². The largest absolute Gasteiger partial charge is 0.491 e. The summed E-state index contributed by atoms with van der Waals surface area (Å²) in [6.45, 7) is 16.8. The van der Waals surface area contributed by atoms with Gasteiger partial charge in [0.2, 0.25) is 5.91 Å². The van der Waals surface area contributed by atoms with Crippen molar-refractivity contribution in [2.45, 2.75) is 59.2 Å². The van der Waals surface area contributed by atoms with E-state index in [9.17, 15) is 18.0 Å². The maximum atomic E-state index is 13.6. The van der Waals surface area contributed by atoms with Crippen molar-refractivity contribution in [2.24, 2.45) is 11.8 Å². The highest BCUT2D eigenvalue weighted by atomic mass is 19.4. The van der Waals surface area contributed by atoms with Crippen LogP contribution in [0.15, 0.2) is 59.7 Å². The lowest BCUT2D eigenvalue weighted by Gasteiger charge is -2.38. The van der Waals surface area contributed by atoms with Gasteiger partial charge >= 0.3 is 6.18 Å². The minimum absolute atomic E-state index is 0.0618. The number of allylic oxidation sites excluding steroid dienone is 6. The van der Waals surface area contributed by atoms with Crippen molar-refractivity contribution in [2.75, 3.05) is 13.1 Å². The number of carbonyl (C=O) groups excluding carboxylic acids is 1. The number of halogens is 3. The molecular formula is C24H33F3N2O2. The van der Waals surface area contributed by atoms with Crippen LogP contribution in [0, 0.1) is 11.8 Å².